The van der Waals surface area contributed by atoms with Crippen LogP contribution in [0.3, 0.4) is 0 Å². The van der Waals surface area contributed by atoms with Crippen LogP contribution in [0.2, 0.25) is 0 Å². The molecular formula is C20H38O5. The SMILES string of the molecule is CCCCCCCCCCCCCCOC(=O)CCC(=O)OCCO. The van der Waals surface area contributed by atoms with Crippen molar-refractivity contribution >= 4 is 11.9 Å². The van der Waals surface area contributed by atoms with E-state index in [2.05, 4.69) is 11.7 Å². The van der Waals surface area contributed by atoms with Crippen LogP contribution in [0.25, 0.3) is 0 Å². The van der Waals surface area contributed by atoms with Crippen molar-refractivity contribution in [2.75, 3.05) is 19.8 Å². The van der Waals surface area contributed by atoms with Gasteiger partial charge in [-0.25, -0.2) is 0 Å². The predicted molar refractivity (Wildman–Crippen MR) is 99.3 cm³/mol. The van der Waals surface area contributed by atoms with Gasteiger partial charge in [-0.2, -0.15) is 0 Å². The van der Waals surface area contributed by atoms with Gasteiger partial charge >= 0.3 is 11.9 Å². The predicted octanol–water partition coefficient (Wildman–Crippen LogP) is 4.55. The van der Waals surface area contributed by atoms with Gasteiger partial charge in [0.2, 0.25) is 0 Å². The molecule has 0 aromatic carbocycles. The molecule has 0 fully saturated rings. The summed E-state index contributed by atoms with van der Waals surface area (Å²) in [5.41, 5.74) is 0. The van der Waals surface area contributed by atoms with Gasteiger partial charge in [-0.05, 0) is 6.42 Å². The Balaban J connectivity index is 3.22. The molecule has 0 aliphatic carbocycles. The Morgan fingerprint density at radius 2 is 1.04 bits per heavy atom. The molecule has 0 aliphatic heterocycles. The summed E-state index contributed by atoms with van der Waals surface area (Å²) in [5, 5.41) is 8.51. The summed E-state index contributed by atoms with van der Waals surface area (Å²) >= 11 is 0. The zero-order chi connectivity index (χ0) is 18.6. The molecule has 25 heavy (non-hydrogen) atoms. The fourth-order valence-corrected chi connectivity index (χ4v) is 2.64. The highest BCUT2D eigenvalue weighted by Crippen LogP contribution is 2.12. The van der Waals surface area contributed by atoms with Crippen LogP contribution in [0.4, 0.5) is 0 Å². The number of esters is 2. The van der Waals surface area contributed by atoms with Gasteiger partial charge in [-0.3, -0.25) is 9.59 Å². The van der Waals surface area contributed by atoms with Gasteiger partial charge in [0, 0.05) is 0 Å². The summed E-state index contributed by atoms with van der Waals surface area (Å²) in [5.74, 6) is -0.833. The van der Waals surface area contributed by atoms with Crippen LogP contribution in [-0.2, 0) is 19.1 Å². The molecular weight excluding hydrogens is 320 g/mol. The minimum atomic E-state index is -0.476. The molecule has 0 aromatic rings. The van der Waals surface area contributed by atoms with Crippen molar-refractivity contribution in [1.29, 1.82) is 0 Å². The lowest BCUT2D eigenvalue weighted by atomic mass is 10.1. The van der Waals surface area contributed by atoms with Gasteiger partial charge in [0.15, 0.2) is 0 Å². The summed E-state index contributed by atoms with van der Waals surface area (Å²) in [4.78, 5) is 22.6. The van der Waals surface area contributed by atoms with Crippen LogP contribution in [-0.4, -0.2) is 36.9 Å². The molecule has 0 saturated heterocycles. The number of aliphatic hydroxyl groups is 1. The Morgan fingerprint density at radius 1 is 0.640 bits per heavy atom. The maximum absolute atomic E-state index is 11.4. The highest BCUT2D eigenvalue weighted by atomic mass is 16.5. The average molecular weight is 359 g/mol. The van der Waals surface area contributed by atoms with Crippen molar-refractivity contribution in [1.82, 2.24) is 0 Å². The van der Waals surface area contributed by atoms with E-state index in [0.29, 0.717) is 6.61 Å². The minimum absolute atomic E-state index is 0.0112. The standard InChI is InChI=1S/C20H38O5/c1-2-3-4-5-6-7-8-9-10-11-12-13-17-24-19(22)14-15-20(23)25-18-16-21/h21H,2-18H2,1H3. The van der Waals surface area contributed by atoms with Crippen LogP contribution < -0.4 is 0 Å². The zero-order valence-corrected chi connectivity index (χ0v) is 16.1. The first kappa shape index (κ1) is 23.9. The molecule has 0 saturated carbocycles. The van der Waals surface area contributed by atoms with Crippen LogP contribution in [0.5, 0.6) is 0 Å². The molecule has 0 unspecified atom stereocenters. The van der Waals surface area contributed by atoms with Crippen molar-refractivity contribution in [3.63, 3.8) is 0 Å². The second kappa shape index (κ2) is 19.2. The Bertz CT molecular complexity index is 317. The second-order valence-corrected chi connectivity index (χ2v) is 6.55. The lowest BCUT2D eigenvalue weighted by molar-refractivity contribution is -0.150. The normalized spacial score (nSPS) is 10.6. The summed E-state index contributed by atoms with van der Waals surface area (Å²) < 4.78 is 9.76. The number of hydrogen-bond acceptors (Lipinski definition) is 5. The maximum atomic E-state index is 11.4. The maximum Gasteiger partial charge on any atom is 0.306 e. The van der Waals surface area contributed by atoms with Crippen LogP contribution in [0, 0.1) is 0 Å². The molecule has 148 valence electrons. The lowest BCUT2D eigenvalue weighted by Gasteiger charge is -2.05. The molecule has 0 bridgehead atoms. The number of ether oxygens (including phenoxy) is 2. The van der Waals surface area contributed by atoms with Crippen LogP contribution in [0.1, 0.15) is 96.8 Å². The van der Waals surface area contributed by atoms with Gasteiger partial charge in [0.1, 0.15) is 6.61 Å². The first-order chi connectivity index (χ1) is 12.2. The Labute approximate surface area is 153 Å². The van der Waals surface area contributed by atoms with E-state index in [1.54, 1.807) is 0 Å². The zero-order valence-electron chi connectivity index (χ0n) is 16.1. The van der Waals surface area contributed by atoms with Crippen LogP contribution in [0.15, 0.2) is 0 Å². The van der Waals surface area contributed by atoms with E-state index in [0.717, 1.165) is 12.8 Å². The van der Waals surface area contributed by atoms with E-state index in [1.165, 1.54) is 64.2 Å². The molecule has 0 aliphatic rings. The monoisotopic (exact) mass is 358 g/mol. The topological polar surface area (TPSA) is 72.8 Å². The van der Waals surface area contributed by atoms with Gasteiger partial charge in [0.25, 0.3) is 0 Å². The summed E-state index contributed by atoms with van der Waals surface area (Å²) in [6.07, 6.45) is 15.3. The fraction of sp³-hybridized carbons (Fsp3) is 0.900. The molecule has 0 atom stereocenters. The van der Waals surface area contributed by atoms with E-state index >= 15 is 0 Å². The summed E-state index contributed by atoms with van der Waals surface area (Å²) in [7, 11) is 0. The molecule has 0 rings (SSSR count). The molecule has 5 heteroatoms. The summed E-state index contributed by atoms with van der Waals surface area (Å²) in [6.45, 7) is 2.46. The first-order valence-corrected chi connectivity index (χ1v) is 10.1. The fourth-order valence-electron chi connectivity index (χ4n) is 2.64. The molecule has 0 aromatic heterocycles. The Morgan fingerprint density at radius 3 is 1.48 bits per heavy atom. The van der Waals surface area contributed by atoms with Crippen molar-refractivity contribution in [2.45, 2.75) is 96.8 Å². The minimum Gasteiger partial charge on any atom is -0.466 e. The molecule has 0 amide bonds. The highest BCUT2D eigenvalue weighted by molar-refractivity contribution is 5.77. The average Bonchev–Trinajstić information content (AvgIpc) is 2.62. The summed E-state index contributed by atoms with van der Waals surface area (Å²) in [6, 6.07) is 0. The van der Waals surface area contributed by atoms with Crippen molar-refractivity contribution in [3.05, 3.63) is 0 Å². The molecule has 1 N–H and O–H groups in total. The van der Waals surface area contributed by atoms with E-state index in [9.17, 15) is 9.59 Å². The Kier molecular flexibility index (Phi) is 18.4. The third-order valence-electron chi connectivity index (χ3n) is 4.15. The van der Waals surface area contributed by atoms with E-state index in [4.69, 9.17) is 9.84 Å². The lowest BCUT2D eigenvalue weighted by Crippen LogP contribution is -2.12. The van der Waals surface area contributed by atoms with E-state index in [-0.39, 0.29) is 32.0 Å². The molecule has 5 nitrogen and oxygen atoms in total. The molecule has 0 spiro atoms. The smallest absolute Gasteiger partial charge is 0.306 e. The Hall–Kier alpha value is -1.10. The number of carbonyl (C=O) groups excluding carboxylic acids is 2. The largest absolute Gasteiger partial charge is 0.466 e. The third-order valence-corrected chi connectivity index (χ3v) is 4.15. The van der Waals surface area contributed by atoms with Gasteiger partial charge in [-0.1, -0.05) is 77.6 Å². The highest BCUT2D eigenvalue weighted by Gasteiger charge is 2.08. The van der Waals surface area contributed by atoms with Crippen LogP contribution >= 0.6 is 0 Å². The number of unbranched alkanes of at least 4 members (excludes halogenated alkanes) is 11. The third kappa shape index (κ3) is 19.1. The number of rotatable bonds is 18. The second-order valence-electron chi connectivity index (χ2n) is 6.55. The van der Waals surface area contributed by atoms with Gasteiger partial charge in [-0.15, -0.1) is 0 Å². The quantitative estimate of drug-likeness (QED) is 0.287. The van der Waals surface area contributed by atoms with Gasteiger partial charge in [0.05, 0.1) is 26.1 Å². The number of hydrogen-bond donors (Lipinski definition) is 1. The van der Waals surface area contributed by atoms with Crippen molar-refractivity contribution in [2.24, 2.45) is 0 Å². The van der Waals surface area contributed by atoms with Gasteiger partial charge < -0.3 is 14.6 Å². The molecule has 0 radical (unpaired) electrons. The van der Waals surface area contributed by atoms with Crippen molar-refractivity contribution < 1.29 is 24.2 Å². The number of aliphatic hydroxyl groups excluding tert-OH is 1. The van der Waals surface area contributed by atoms with E-state index in [1.807, 2.05) is 0 Å². The molecule has 0 heterocycles. The first-order valence-electron chi connectivity index (χ1n) is 10.1. The van der Waals surface area contributed by atoms with E-state index < -0.39 is 5.97 Å². The number of carbonyl (C=O) groups is 2. The van der Waals surface area contributed by atoms with Crippen molar-refractivity contribution in [3.8, 4) is 0 Å².